The van der Waals surface area contributed by atoms with Gasteiger partial charge in [-0.25, -0.2) is 4.98 Å². The lowest BCUT2D eigenvalue weighted by Crippen LogP contribution is -2.45. The molecule has 0 spiro atoms. The molecule has 5 nitrogen and oxygen atoms in total. The number of rotatable bonds is 5. The molecule has 2 heterocycles. The number of likely N-dealkylation sites (N-methyl/N-ethyl adjacent to an activating group) is 1. The Morgan fingerprint density at radius 2 is 2.25 bits per heavy atom. The van der Waals surface area contributed by atoms with Gasteiger partial charge in [-0.05, 0) is 12.5 Å². The summed E-state index contributed by atoms with van der Waals surface area (Å²) in [6, 6.07) is 10.2. The molecule has 2 aromatic rings. The molecule has 0 saturated carbocycles. The van der Waals surface area contributed by atoms with E-state index in [2.05, 4.69) is 28.9 Å². The molecule has 1 aliphatic rings. The van der Waals surface area contributed by atoms with E-state index in [-0.39, 0.29) is 18.1 Å². The molecule has 0 unspecified atom stereocenters. The smallest absolute Gasteiger partial charge is 0.236 e. The Morgan fingerprint density at radius 1 is 1.46 bits per heavy atom. The molecule has 2 atom stereocenters. The highest BCUT2D eigenvalue weighted by Crippen LogP contribution is 2.24. The predicted molar refractivity (Wildman–Crippen MR) is 94.9 cm³/mol. The summed E-state index contributed by atoms with van der Waals surface area (Å²) in [7, 11) is 1.87. The molecule has 24 heavy (non-hydrogen) atoms. The lowest BCUT2D eigenvalue weighted by Gasteiger charge is -2.33. The molecule has 1 aromatic heterocycles. The van der Waals surface area contributed by atoms with Gasteiger partial charge in [-0.2, -0.15) is 0 Å². The Hall–Kier alpha value is -1.76. The first-order chi connectivity index (χ1) is 11.6. The zero-order chi connectivity index (χ0) is 16.9. The molecule has 0 aliphatic carbocycles. The van der Waals surface area contributed by atoms with Gasteiger partial charge in [-0.15, -0.1) is 11.3 Å². The van der Waals surface area contributed by atoms with Gasteiger partial charge in [0.05, 0.1) is 19.2 Å². The van der Waals surface area contributed by atoms with E-state index in [9.17, 15) is 4.79 Å². The van der Waals surface area contributed by atoms with Crippen molar-refractivity contribution in [2.45, 2.75) is 19.1 Å². The molecule has 0 N–H and O–H groups in total. The summed E-state index contributed by atoms with van der Waals surface area (Å²) >= 11 is 1.60. The molecule has 0 radical (unpaired) electrons. The number of carbonyl (C=O) groups is 1. The lowest BCUT2D eigenvalue weighted by molar-refractivity contribution is -0.135. The van der Waals surface area contributed by atoms with Crippen molar-refractivity contribution in [2.75, 3.05) is 33.3 Å². The maximum absolute atomic E-state index is 12.6. The Balaban J connectivity index is 1.57. The van der Waals surface area contributed by atoms with Crippen molar-refractivity contribution in [3.8, 4) is 0 Å². The molecule has 1 aliphatic heterocycles. The maximum Gasteiger partial charge on any atom is 0.236 e. The number of amides is 1. The van der Waals surface area contributed by atoms with Crippen molar-refractivity contribution in [1.29, 1.82) is 0 Å². The topological polar surface area (TPSA) is 45.7 Å². The van der Waals surface area contributed by atoms with E-state index in [0.717, 1.165) is 17.1 Å². The third-order valence-corrected chi connectivity index (χ3v) is 5.36. The number of aromatic nitrogens is 1. The average molecular weight is 345 g/mol. The number of nitrogens with zero attached hydrogens (tertiary/aromatic N) is 3. The van der Waals surface area contributed by atoms with Crippen molar-refractivity contribution < 1.29 is 9.53 Å². The molecule has 128 valence electrons. The fourth-order valence-electron chi connectivity index (χ4n) is 2.86. The molecule has 0 bridgehead atoms. The number of ether oxygens (including phenoxy) is 1. The van der Waals surface area contributed by atoms with E-state index < -0.39 is 0 Å². The van der Waals surface area contributed by atoms with Crippen LogP contribution in [0.3, 0.4) is 0 Å². The fraction of sp³-hybridized carbons (Fsp3) is 0.444. The predicted octanol–water partition coefficient (Wildman–Crippen LogP) is 2.74. The Labute approximate surface area is 146 Å². The van der Waals surface area contributed by atoms with Gasteiger partial charge in [0.1, 0.15) is 11.1 Å². The fourth-order valence-corrected chi connectivity index (χ4v) is 3.54. The quantitative estimate of drug-likeness (QED) is 0.836. The van der Waals surface area contributed by atoms with Gasteiger partial charge in [0, 0.05) is 31.7 Å². The molecular weight excluding hydrogens is 322 g/mol. The van der Waals surface area contributed by atoms with Crippen LogP contribution in [-0.2, 0) is 9.53 Å². The van der Waals surface area contributed by atoms with Gasteiger partial charge in [0.25, 0.3) is 0 Å². The van der Waals surface area contributed by atoms with Gasteiger partial charge in [-0.3, -0.25) is 9.69 Å². The van der Waals surface area contributed by atoms with Crippen molar-refractivity contribution in [1.82, 2.24) is 14.8 Å². The van der Waals surface area contributed by atoms with Crippen molar-refractivity contribution in [3.63, 3.8) is 0 Å². The largest absolute Gasteiger partial charge is 0.368 e. The maximum atomic E-state index is 12.6. The zero-order valence-electron chi connectivity index (χ0n) is 14.1. The third-order valence-electron chi connectivity index (χ3n) is 4.49. The molecule has 1 saturated heterocycles. The lowest BCUT2D eigenvalue weighted by atomic mass is 10.1. The van der Waals surface area contributed by atoms with Crippen LogP contribution < -0.4 is 0 Å². The van der Waals surface area contributed by atoms with Crippen molar-refractivity contribution in [3.05, 3.63) is 52.5 Å². The second kappa shape index (κ2) is 7.88. The van der Waals surface area contributed by atoms with Gasteiger partial charge in [0.15, 0.2) is 0 Å². The van der Waals surface area contributed by atoms with E-state index >= 15 is 0 Å². The third kappa shape index (κ3) is 4.01. The number of hydrogen-bond acceptors (Lipinski definition) is 5. The zero-order valence-corrected chi connectivity index (χ0v) is 14.9. The average Bonchev–Trinajstić information content (AvgIpc) is 3.16. The Bertz CT molecular complexity index is 648. The highest BCUT2D eigenvalue weighted by molar-refractivity contribution is 7.09. The molecule has 1 fully saturated rings. The highest BCUT2D eigenvalue weighted by atomic mass is 32.1. The molecule has 1 aromatic carbocycles. The first kappa shape index (κ1) is 17.1. The minimum atomic E-state index is -0.0246. The molecule has 6 heteroatoms. The highest BCUT2D eigenvalue weighted by Gasteiger charge is 2.27. The van der Waals surface area contributed by atoms with Gasteiger partial charge in [0.2, 0.25) is 5.91 Å². The van der Waals surface area contributed by atoms with E-state index in [1.807, 2.05) is 35.5 Å². The first-order valence-electron chi connectivity index (χ1n) is 8.19. The number of hydrogen-bond donors (Lipinski definition) is 0. The van der Waals surface area contributed by atoms with E-state index in [1.165, 1.54) is 0 Å². The second-order valence-electron chi connectivity index (χ2n) is 6.06. The Morgan fingerprint density at radius 3 is 2.96 bits per heavy atom. The number of morpholine rings is 1. The minimum Gasteiger partial charge on any atom is -0.368 e. The van der Waals surface area contributed by atoms with Gasteiger partial charge < -0.3 is 9.64 Å². The minimum absolute atomic E-state index is 0.0246. The number of benzene rings is 1. The molecule has 1 amide bonds. The molecule has 3 rings (SSSR count). The summed E-state index contributed by atoms with van der Waals surface area (Å²) in [4.78, 5) is 21.0. The number of carbonyl (C=O) groups excluding carboxylic acids is 1. The summed E-state index contributed by atoms with van der Waals surface area (Å²) < 4.78 is 5.79. The summed E-state index contributed by atoms with van der Waals surface area (Å²) in [6.07, 6.45) is 1.77. The van der Waals surface area contributed by atoms with Gasteiger partial charge >= 0.3 is 0 Å². The van der Waals surface area contributed by atoms with Gasteiger partial charge in [-0.1, -0.05) is 30.3 Å². The van der Waals surface area contributed by atoms with Crippen LogP contribution in [0.4, 0.5) is 0 Å². The van der Waals surface area contributed by atoms with Crippen LogP contribution in [0, 0.1) is 0 Å². The second-order valence-corrected chi connectivity index (χ2v) is 6.98. The van der Waals surface area contributed by atoms with Crippen molar-refractivity contribution in [2.24, 2.45) is 0 Å². The van der Waals surface area contributed by atoms with Crippen LogP contribution in [-0.4, -0.2) is 54.0 Å². The van der Waals surface area contributed by atoms with Crippen LogP contribution in [0.5, 0.6) is 0 Å². The van der Waals surface area contributed by atoms with Crippen LogP contribution in [0.25, 0.3) is 0 Å². The van der Waals surface area contributed by atoms with Crippen LogP contribution in [0.2, 0.25) is 0 Å². The standard InChI is InChI=1S/C18H23N3O2S/c1-14(15-6-4-3-5-7-15)20(2)17(22)13-21-9-10-23-16(12-21)18-19-8-11-24-18/h3-8,11,14,16H,9-10,12-13H2,1-2H3/t14-,16+/m0/s1. The summed E-state index contributed by atoms with van der Waals surface area (Å²) in [6.45, 7) is 4.60. The van der Waals surface area contributed by atoms with E-state index in [0.29, 0.717) is 19.7 Å². The van der Waals surface area contributed by atoms with Crippen LogP contribution in [0.1, 0.15) is 29.6 Å². The van der Waals surface area contributed by atoms with Crippen molar-refractivity contribution >= 4 is 17.2 Å². The molecular formula is C18H23N3O2S. The monoisotopic (exact) mass is 345 g/mol. The summed E-state index contributed by atoms with van der Waals surface area (Å²) in [5.41, 5.74) is 1.15. The van der Waals surface area contributed by atoms with E-state index in [1.54, 1.807) is 17.5 Å². The van der Waals surface area contributed by atoms with E-state index in [4.69, 9.17) is 4.74 Å². The number of thiazole rings is 1. The summed E-state index contributed by atoms with van der Waals surface area (Å²) in [5, 5.41) is 2.94. The van der Waals surface area contributed by atoms with Crippen LogP contribution >= 0.6 is 11.3 Å². The SMILES string of the molecule is C[C@@H](c1ccccc1)N(C)C(=O)CN1CCO[C@@H](c2nccs2)C1. The van der Waals surface area contributed by atoms with Crippen LogP contribution in [0.15, 0.2) is 41.9 Å². The normalized spacial score (nSPS) is 19.8. The first-order valence-corrected chi connectivity index (χ1v) is 9.07. The Kier molecular flexibility index (Phi) is 5.60. The summed E-state index contributed by atoms with van der Waals surface area (Å²) in [5.74, 6) is 0.131.